The second-order valence-corrected chi connectivity index (χ2v) is 7.50. The monoisotopic (exact) mass is 419 g/mol. The number of aliphatic hydroxyl groups is 1. The number of alkyl halides is 3. The Bertz CT molecular complexity index is 760. The minimum atomic E-state index is -4.77. The van der Waals surface area contributed by atoms with Gasteiger partial charge >= 0.3 is 6.18 Å². The Morgan fingerprint density at radius 3 is 2.52 bits per heavy atom. The SMILES string of the molecule is CCC(c1ccc(C(F)(F)F)c(F)c1)N1NC(CO)C2C(=O)NC(N(C)C)NC21. The fraction of sp³-hybridized carbons (Fsp3) is 0.611. The lowest BCUT2D eigenvalue weighted by atomic mass is 9.95. The molecule has 0 bridgehead atoms. The van der Waals surface area contributed by atoms with Crippen LogP contribution in [0.25, 0.3) is 0 Å². The van der Waals surface area contributed by atoms with E-state index in [4.69, 9.17) is 0 Å². The molecule has 5 unspecified atom stereocenters. The summed E-state index contributed by atoms with van der Waals surface area (Å²) >= 11 is 0. The predicted molar refractivity (Wildman–Crippen MR) is 96.3 cm³/mol. The van der Waals surface area contributed by atoms with Crippen LogP contribution in [0.1, 0.15) is 30.5 Å². The van der Waals surface area contributed by atoms with Gasteiger partial charge in [-0.2, -0.15) is 13.2 Å². The molecule has 29 heavy (non-hydrogen) atoms. The van der Waals surface area contributed by atoms with E-state index in [0.717, 1.165) is 12.1 Å². The average molecular weight is 419 g/mol. The highest BCUT2D eigenvalue weighted by atomic mass is 19.4. The first-order valence-electron chi connectivity index (χ1n) is 9.33. The van der Waals surface area contributed by atoms with E-state index in [0.29, 0.717) is 12.0 Å². The number of carbonyl (C=O) groups is 1. The van der Waals surface area contributed by atoms with Crippen molar-refractivity contribution in [1.82, 2.24) is 26.0 Å². The lowest BCUT2D eigenvalue weighted by Gasteiger charge is -2.41. The Balaban J connectivity index is 1.94. The number of rotatable bonds is 5. The molecule has 0 spiro atoms. The summed E-state index contributed by atoms with van der Waals surface area (Å²) in [5, 5.41) is 17.5. The Hall–Kier alpha value is -1.79. The first kappa shape index (κ1) is 21.9. The van der Waals surface area contributed by atoms with Crippen molar-refractivity contribution in [2.75, 3.05) is 20.7 Å². The van der Waals surface area contributed by atoms with E-state index in [1.807, 2.05) is 6.92 Å². The van der Waals surface area contributed by atoms with Crippen molar-refractivity contribution in [3.05, 3.63) is 35.1 Å². The fourth-order valence-corrected chi connectivity index (χ4v) is 3.97. The molecule has 1 aromatic rings. The highest BCUT2D eigenvalue weighted by Gasteiger charge is 2.51. The summed E-state index contributed by atoms with van der Waals surface area (Å²) < 4.78 is 52.8. The van der Waals surface area contributed by atoms with Crippen LogP contribution in [0.15, 0.2) is 18.2 Å². The van der Waals surface area contributed by atoms with E-state index >= 15 is 0 Å². The van der Waals surface area contributed by atoms with Gasteiger partial charge in [-0.25, -0.2) is 14.8 Å². The molecule has 0 saturated carbocycles. The molecule has 1 amide bonds. The van der Waals surface area contributed by atoms with E-state index in [1.165, 1.54) is 6.07 Å². The maximum Gasteiger partial charge on any atom is 0.419 e. The second kappa shape index (κ2) is 8.15. The van der Waals surface area contributed by atoms with Crippen LogP contribution < -0.4 is 16.1 Å². The summed E-state index contributed by atoms with van der Waals surface area (Å²) in [6, 6.07) is 1.76. The lowest BCUT2D eigenvalue weighted by molar-refractivity contribution is -0.140. The van der Waals surface area contributed by atoms with Crippen molar-refractivity contribution in [2.24, 2.45) is 5.92 Å². The van der Waals surface area contributed by atoms with E-state index < -0.39 is 48.0 Å². The van der Waals surface area contributed by atoms with E-state index in [1.54, 1.807) is 24.0 Å². The maximum absolute atomic E-state index is 14.2. The van der Waals surface area contributed by atoms with E-state index in [2.05, 4.69) is 16.1 Å². The number of hydrogen-bond donors (Lipinski definition) is 4. The molecule has 2 aliphatic rings. The molecule has 2 saturated heterocycles. The third kappa shape index (κ3) is 4.10. The zero-order chi connectivity index (χ0) is 21.5. The Kier molecular flexibility index (Phi) is 6.16. The maximum atomic E-state index is 14.2. The molecular weight excluding hydrogens is 394 g/mol. The highest BCUT2D eigenvalue weighted by Crippen LogP contribution is 2.36. The van der Waals surface area contributed by atoms with E-state index in [-0.39, 0.29) is 12.5 Å². The highest BCUT2D eigenvalue weighted by molar-refractivity contribution is 5.81. The minimum Gasteiger partial charge on any atom is -0.395 e. The summed E-state index contributed by atoms with van der Waals surface area (Å²) in [6.07, 6.45) is -5.34. The number of hydrazine groups is 1. The molecule has 11 heteroatoms. The summed E-state index contributed by atoms with van der Waals surface area (Å²) in [7, 11) is 3.55. The molecule has 0 aliphatic carbocycles. The number of aliphatic hydroxyl groups excluding tert-OH is 1. The van der Waals surface area contributed by atoms with Gasteiger partial charge < -0.3 is 10.4 Å². The summed E-state index contributed by atoms with van der Waals surface area (Å²) in [6.45, 7) is 1.51. The first-order valence-corrected chi connectivity index (χ1v) is 9.33. The van der Waals surface area contributed by atoms with Crippen LogP contribution >= 0.6 is 0 Å². The Morgan fingerprint density at radius 1 is 1.31 bits per heavy atom. The van der Waals surface area contributed by atoms with Gasteiger partial charge in [0.1, 0.15) is 12.1 Å². The van der Waals surface area contributed by atoms with Crippen molar-refractivity contribution in [3.63, 3.8) is 0 Å². The van der Waals surface area contributed by atoms with Crippen LogP contribution in [-0.4, -0.2) is 60.1 Å². The lowest BCUT2D eigenvalue weighted by Crippen LogP contribution is -2.68. The van der Waals surface area contributed by atoms with Crippen LogP contribution in [-0.2, 0) is 11.0 Å². The van der Waals surface area contributed by atoms with Gasteiger partial charge in [-0.05, 0) is 38.2 Å². The number of nitrogens with zero attached hydrogens (tertiary/aromatic N) is 2. The zero-order valence-electron chi connectivity index (χ0n) is 16.3. The molecule has 0 aromatic heterocycles. The predicted octanol–water partition coefficient (Wildman–Crippen LogP) is 0.984. The summed E-state index contributed by atoms with van der Waals surface area (Å²) in [5.41, 5.74) is 2.11. The number of amides is 1. The van der Waals surface area contributed by atoms with Crippen LogP contribution in [0.2, 0.25) is 0 Å². The second-order valence-electron chi connectivity index (χ2n) is 7.50. The van der Waals surface area contributed by atoms with Crippen LogP contribution in [0.5, 0.6) is 0 Å². The van der Waals surface area contributed by atoms with Crippen molar-refractivity contribution < 1.29 is 27.5 Å². The Morgan fingerprint density at radius 2 is 2.00 bits per heavy atom. The number of halogens is 4. The topological polar surface area (TPSA) is 79.9 Å². The molecule has 162 valence electrons. The molecule has 7 nitrogen and oxygen atoms in total. The zero-order valence-corrected chi connectivity index (χ0v) is 16.3. The quantitative estimate of drug-likeness (QED) is 0.533. The molecular formula is C18H25F4N5O2. The van der Waals surface area contributed by atoms with Gasteiger partial charge in [-0.15, -0.1) is 0 Å². The van der Waals surface area contributed by atoms with Crippen LogP contribution in [0, 0.1) is 11.7 Å². The molecule has 5 atom stereocenters. The van der Waals surface area contributed by atoms with Gasteiger partial charge in [0.15, 0.2) is 0 Å². The minimum absolute atomic E-state index is 0.255. The van der Waals surface area contributed by atoms with E-state index in [9.17, 15) is 27.5 Å². The number of carbonyl (C=O) groups excluding carboxylic acids is 1. The largest absolute Gasteiger partial charge is 0.419 e. The first-order chi connectivity index (χ1) is 13.6. The van der Waals surface area contributed by atoms with Crippen LogP contribution in [0.4, 0.5) is 17.6 Å². The normalized spacial score (nSPS) is 29.1. The number of fused-ring (bicyclic) bond motifs is 1. The van der Waals surface area contributed by atoms with Crippen LogP contribution in [0.3, 0.4) is 0 Å². The average Bonchev–Trinajstić information content (AvgIpc) is 3.00. The van der Waals surface area contributed by atoms with Gasteiger partial charge in [-0.1, -0.05) is 13.0 Å². The van der Waals surface area contributed by atoms with Gasteiger partial charge in [0, 0.05) is 0 Å². The molecule has 2 aliphatic heterocycles. The number of benzene rings is 1. The molecule has 1 aromatic carbocycles. The van der Waals surface area contributed by atoms with Gasteiger partial charge in [0.05, 0.1) is 36.3 Å². The third-order valence-corrected chi connectivity index (χ3v) is 5.42. The van der Waals surface area contributed by atoms with Crippen molar-refractivity contribution in [2.45, 2.75) is 44.1 Å². The Labute approximate surface area is 166 Å². The molecule has 0 radical (unpaired) electrons. The van der Waals surface area contributed by atoms with Gasteiger partial charge in [-0.3, -0.25) is 15.0 Å². The molecule has 2 heterocycles. The summed E-state index contributed by atoms with van der Waals surface area (Å²) in [5.74, 6) is -2.22. The standard InChI is InChI=1S/C18H25F4N5O2/c1-4-13(9-5-6-10(11(19)7-9)18(20,21)22)27-15-14(12(8-28)25-27)16(29)24-17(23-15)26(2)3/h5-7,12-15,17,23,25,28H,4,8H2,1-3H3,(H,24,29). The number of nitrogens with one attached hydrogen (secondary N) is 3. The van der Waals surface area contributed by atoms with Crippen molar-refractivity contribution in [1.29, 1.82) is 0 Å². The van der Waals surface area contributed by atoms with Gasteiger partial charge in [0.2, 0.25) is 5.91 Å². The molecule has 3 rings (SSSR count). The van der Waals surface area contributed by atoms with Gasteiger partial charge in [0.25, 0.3) is 0 Å². The number of hydrogen-bond acceptors (Lipinski definition) is 6. The van der Waals surface area contributed by atoms with Crippen molar-refractivity contribution in [3.8, 4) is 0 Å². The summed E-state index contributed by atoms with van der Waals surface area (Å²) in [4.78, 5) is 14.4. The smallest absolute Gasteiger partial charge is 0.395 e. The molecule has 4 N–H and O–H groups in total. The molecule has 2 fully saturated rings. The van der Waals surface area contributed by atoms with Crippen molar-refractivity contribution >= 4 is 5.91 Å². The third-order valence-electron chi connectivity index (χ3n) is 5.42. The fourth-order valence-electron chi connectivity index (χ4n) is 3.97.